The monoisotopic (exact) mass is 244 g/mol. The third-order valence-corrected chi connectivity index (χ3v) is 3.45. The fraction of sp³-hybridized carbons (Fsp3) is 0.462. The summed E-state index contributed by atoms with van der Waals surface area (Å²) in [6.07, 6.45) is 5.69. The summed E-state index contributed by atoms with van der Waals surface area (Å²) in [7, 11) is 0. The highest BCUT2D eigenvalue weighted by molar-refractivity contribution is 5.75. The molecule has 0 bridgehead atoms. The van der Waals surface area contributed by atoms with Crippen molar-refractivity contribution >= 4 is 10.9 Å². The van der Waals surface area contributed by atoms with Crippen molar-refractivity contribution in [3.8, 4) is 0 Å². The van der Waals surface area contributed by atoms with Crippen LogP contribution in [0, 0.1) is 5.92 Å². The number of hydrogen-bond acceptors (Lipinski definition) is 4. The Labute approximate surface area is 105 Å². The molecule has 2 aromatic heterocycles. The van der Waals surface area contributed by atoms with E-state index in [0.717, 1.165) is 19.5 Å². The van der Waals surface area contributed by atoms with Crippen LogP contribution in [0.2, 0.25) is 0 Å². The number of pyridine rings is 1. The van der Waals surface area contributed by atoms with Crippen LogP contribution < -0.4 is 10.9 Å². The maximum absolute atomic E-state index is 12.2. The molecule has 1 atom stereocenters. The zero-order chi connectivity index (χ0) is 12.4. The fourth-order valence-electron chi connectivity index (χ4n) is 2.47. The van der Waals surface area contributed by atoms with Gasteiger partial charge in [-0.25, -0.2) is 4.68 Å². The highest BCUT2D eigenvalue weighted by Crippen LogP contribution is 2.11. The van der Waals surface area contributed by atoms with Crippen molar-refractivity contribution in [2.24, 2.45) is 5.92 Å². The Hall–Kier alpha value is -1.75. The van der Waals surface area contributed by atoms with Gasteiger partial charge in [0.05, 0.1) is 17.1 Å². The van der Waals surface area contributed by atoms with Crippen molar-refractivity contribution in [3.63, 3.8) is 0 Å². The van der Waals surface area contributed by atoms with Gasteiger partial charge in [0.25, 0.3) is 5.56 Å². The van der Waals surface area contributed by atoms with E-state index < -0.39 is 0 Å². The number of piperidine rings is 1. The molecule has 0 aromatic carbocycles. The summed E-state index contributed by atoms with van der Waals surface area (Å²) >= 11 is 0. The molecule has 1 fully saturated rings. The second-order valence-corrected chi connectivity index (χ2v) is 4.78. The van der Waals surface area contributed by atoms with Crippen molar-refractivity contribution in [2.75, 3.05) is 13.1 Å². The van der Waals surface area contributed by atoms with Crippen LogP contribution in [-0.4, -0.2) is 27.9 Å². The standard InChI is InChI=1S/C13H16N4O/c18-13-11-4-2-6-15-12(11)8-16-17(13)9-10-3-1-5-14-7-10/h2,4,6,8,10,14H,1,3,5,7,9H2/t10-/m1/s1. The number of nitrogens with zero attached hydrogens (tertiary/aromatic N) is 3. The number of nitrogens with one attached hydrogen (secondary N) is 1. The first-order valence-corrected chi connectivity index (χ1v) is 6.36. The third-order valence-electron chi connectivity index (χ3n) is 3.45. The van der Waals surface area contributed by atoms with E-state index in [9.17, 15) is 4.79 Å². The van der Waals surface area contributed by atoms with Gasteiger partial charge in [-0.05, 0) is 44.0 Å². The molecule has 94 valence electrons. The van der Waals surface area contributed by atoms with Gasteiger partial charge in [-0.1, -0.05) is 0 Å². The van der Waals surface area contributed by atoms with Gasteiger partial charge < -0.3 is 5.32 Å². The second-order valence-electron chi connectivity index (χ2n) is 4.78. The quantitative estimate of drug-likeness (QED) is 0.848. The highest BCUT2D eigenvalue weighted by Gasteiger charge is 2.15. The normalized spacial score (nSPS) is 20.1. The number of hydrogen-bond donors (Lipinski definition) is 1. The van der Waals surface area contributed by atoms with E-state index >= 15 is 0 Å². The fourth-order valence-corrected chi connectivity index (χ4v) is 2.47. The Kier molecular flexibility index (Phi) is 3.06. The molecule has 0 unspecified atom stereocenters. The molecule has 1 N–H and O–H groups in total. The molecule has 0 saturated carbocycles. The molecule has 5 heteroatoms. The van der Waals surface area contributed by atoms with Gasteiger partial charge in [-0.2, -0.15) is 5.10 Å². The molecule has 18 heavy (non-hydrogen) atoms. The van der Waals surface area contributed by atoms with Gasteiger partial charge in [0.1, 0.15) is 0 Å². The van der Waals surface area contributed by atoms with Crippen molar-refractivity contribution < 1.29 is 0 Å². The largest absolute Gasteiger partial charge is 0.316 e. The Morgan fingerprint density at radius 3 is 3.28 bits per heavy atom. The summed E-state index contributed by atoms with van der Waals surface area (Å²) in [6, 6.07) is 3.60. The Morgan fingerprint density at radius 2 is 2.44 bits per heavy atom. The summed E-state index contributed by atoms with van der Waals surface area (Å²) in [5.41, 5.74) is 0.631. The van der Waals surface area contributed by atoms with Crippen LogP contribution in [0.5, 0.6) is 0 Å². The first kappa shape index (κ1) is 11.3. The van der Waals surface area contributed by atoms with Gasteiger partial charge in [0.15, 0.2) is 0 Å². The van der Waals surface area contributed by atoms with Crippen LogP contribution in [0.1, 0.15) is 12.8 Å². The lowest BCUT2D eigenvalue weighted by Crippen LogP contribution is -2.35. The molecule has 5 nitrogen and oxygen atoms in total. The van der Waals surface area contributed by atoms with Crippen LogP contribution in [0.25, 0.3) is 10.9 Å². The van der Waals surface area contributed by atoms with Gasteiger partial charge in [0, 0.05) is 12.7 Å². The molecule has 0 aliphatic carbocycles. The lowest BCUT2D eigenvalue weighted by Gasteiger charge is -2.22. The molecule has 1 saturated heterocycles. The molecule has 2 aromatic rings. The van der Waals surface area contributed by atoms with E-state index in [4.69, 9.17) is 0 Å². The minimum Gasteiger partial charge on any atom is -0.316 e. The molecule has 0 amide bonds. The molecular formula is C13H16N4O. The zero-order valence-corrected chi connectivity index (χ0v) is 10.2. The van der Waals surface area contributed by atoms with E-state index in [1.54, 1.807) is 23.1 Å². The van der Waals surface area contributed by atoms with E-state index in [1.807, 2.05) is 6.07 Å². The predicted octanol–water partition coefficient (Wildman–Crippen LogP) is 0.791. The van der Waals surface area contributed by atoms with Crippen molar-refractivity contribution in [2.45, 2.75) is 19.4 Å². The Balaban J connectivity index is 1.92. The molecule has 3 rings (SSSR count). The van der Waals surface area contributed by atoms with Gasteiger partial charge in [-0.15, -0.1) is 0 Å². The van der Waals surface area contributed by atoms with E-state index in [0.29, 0.717) is 23.4 Å². The number of aromatic nitrogens is 3. The molecule has 0 spiro atoms. The summed E-state index contributed by atoms with van der Waals surface area (Å²) in [6.45, 7) is 2.75. The minimum atomic E-state index is -0.0360. The average molecular weight is 244 g/mol. The van der Waals surface area contributed by atoms with Crippen LogP contribution in [0.4, 0.5) is 0 Å². The van der Waals surface area contributed by atoms with Crippen LogP contribution in [0.3, 0.4) is 0 Å². The average Bonchev–Trinajstić information content (AvgIpc) is 2.43. The summed E-state index contributed by atoms with van der Waals surface area (Å²) in [4.78, 5) is 16.4. The smallest absolute Gasteiger partial charge is 0.276 e. The zero-order valence-electron chi connectivity index (χ0n) is 10.2. The summed E-state index contributed by atoms with van der Waals surface area (Å²) in [5, 5.41) is 8.22. The topological polar surface area (TPSA) is 59.8 Å². The maximum atomic E-state index is 12.2. The predicted molar refractivity (Wildman–Crippen MR) is 69.4 cm³/mol. The molecule has 3 heterocycles. The Morgan fingerprint density at radius 1 is 1.50 bits per heavy atom. The molecular weight excluding hydrogens is 228 g/mol. The van der Waals surface area contributed by atoms with Gasteiger partial charge >= 0.3 is 0 Å². The lowest BCUT2D eigenvalue weighted by atomic mass is 10.00. The van der Waals surface area contributed by atoms with Crippen molar-refractivity contribution in [3.05, 3.63) is 34.9 Å². The Bertz CT molecular complexity index is 601. The van der Waals surface area contributed by atoms with Crippen LogP contribution >= 0.6 is 0 Å². The van der Waals surface area contributed by atoms with Crippen molar-refractivity contribution in [1.29, 1.82) is 0 Å². The third kappa shape index (κ3) is 2.13. The van der Waals surface area contributed by atoms with E-state index in [1.165, 1.54) is 6.42 Å². The van der Waals surface area contributed by atoms with E-state index in [2.05, 4.69) is 15.4 Å². The molecule has 1 aliphatic heterocycles. The lowest BCUT2D eigenvalue weighted by molar-refractivity contribution is 0.320. The van der Waals surface area contributed by atoms with Gasteiger partial charge in [-0.3, -0.25) is 9.78 Å². The maximum Gasteiger partial charge on any atom is 0.276 e. The first-order valence-electron chi connectivity index (χ1n) is 6.36. The number of rotatable bonds is 2. The van der Waals surface area contributed by atoms with Crippen LogP contribution in [0.15, 0.2) is 29.3 Å². The number of fused-ring (bicyclic) bond motifs is 1. The summed E-state index contributed by atoms with van der Waals surface area (Å²) in [5.74, 6) is 0.498. The molecule has 0 radical (unpaired) electrons. The molecule has 1 aliphatic rings. The minimum absolute atomic E-state index is 0.0360. The SMILES string of the molecule is O=c1c2cccnc2cnn1C[C@@H]1CCCNC1. The highest BCUT2D eigenvalue weighted by atomic mass is 16.1. The van der Waals surface area contributed by atoms with Gasteiger partial charge in [0.2, 0.25) is 0 Å². The van der Waals surface area contributed by atoms with E-state index in [-0.39, 0.29) is 5.56 Å². The second kappa shape index (κ2) is 4.86. The van der Waals surface area contributed by atoms with Crippen molar-refractivity contribution in [1.82, 2.24) is 20.1 Å². The first-order chi connectivity index (χ1) is 8.84. The van der Waals surface area contributed by atoms with Crippen LogP contribution in [-0.2, 0) is 6.54 Å². The summed E-state index contributed by atoms with van der Waals surface area (Å²) < 4.78 is 1.57.